The third-order valence-electron chi connectivity index (χ3n) is 7.26. The molecule has 0 unspecified atom stereocenters. The molecule has 2 N–H and O–H groups in total. The second-order valence-electron chi connectivity index (χ2n) is 9.31. The molecule has 2 fully saturated rings. The smallest absolute Gasteiger partial charge is 0.269 e. The molecule has 0 radical (unpaired) electrons. The van der Waals surface area contributed by atoms with Crippen molar-refractivity contribution in [1.29, 1.82) is 0 Å². The van der Waals surface area contributed by atoms with Crippen molar-refractivity contribution in [3.8, 4) is 0 Å². The van der Waals surface area contributed by atoms with Crippen LogP contribution >= 0.6 is 0 Å². The summed E-state index contributed by atoms with van der Waals surface area (Å²) in [5, 5.41) is 3.38. The van der Waals surface area contributed by atoms with Crippen LogP contribution in [0.5, 0.6) is 0 Å². The zero-order valence-electron chi connectivity index (χ0n) is 19.7. The number of halogens is 2. The van der Waals surface area contributed by atoms with Crippen molar-refractivity contribution in [2.24, 2.45) is 0 Å². The van der Waals surface area contributed by atoms with Crippen LogP contribution in [0.4, 0.5) is 14.5 Å². The number of benzene rings is 1. The van der Waals surface area contributed by atoms with Gasteiger partial charge in [0.2, 0.25) is 5.95 Å². The third kappa shape index (κ3) is 4.65. The summed E-state index contributed by atoms with van der Waals surface area (Å²) in [7, 11) is 0. The van der Waals surface area contributed by atoms with E-state index in [1.54, 1.807) is 31.2 Å². The predicted octanol–water partition coefficient (Wildman–Crippen LogP) is 3.41. The van der Waals surface area contributed by atoms with Crippen LogP contribution in [0.15, 0.2) is 41.2 Å². The first-order valence-electron chi connectivity index (χ1n) is 12.2. The predicted molar refractivity (Wildman–Crippen MR) is 131 cm³/mol. The van der Waals surface area contributed by atoms with Gasteiger partial charge in [0.15, 0.2) is 0 Å². The molecule has 2 aromatic heterocycles. The highest BCUT2D eigenvalue weighted by molar-refractivity contribution is 5.92. The second kappa shape index (κ2) is 9.73. The summed E-state index contributed by atoms with van der Waals surface area (Å²) in [6.45, 7) is 5.21. The Morgan fingerprint density at radius 1 is 1.14 bits per heavy atom. The number of hydrogen-bond acceptors (Lipinski definition) is 5. The van der Waals surface area contributed by atoms with Gasteiger partial charge in [0.05, 0.1) is 11.1 Å². The molecule has 1 aliphatic heterocycles. The van der Waals surface area contributed by atoms with E-state index < -0.39 is 11.8 Å². The maximum Gasteiger partial charge on any atom is 0.269 e. The van der Waals surface area contributed by atoms with Gasteiger partial charge in [0.25, 0.3) is 11.5 Å². The molecule has 0 bridgehead atoms. The lowest BCUT2D eigenvalue weighted by Gasteiger charge is -2.39. The quantitative estimate of drug-likeness (QED) is 0.546. The van der Waals surface area contributed by atoms with Crippen molar-refractivity contribution in [3.63, 3.8) is 0 Å². The largest absolute Gasteiger partial charge is 0.365 e. The number of hydrogen-bond donors (Lipinski definition) is 2. The Morgan fingerprint density at radius 3 is 2.69 bits per heavy atom. The van der Waals surface area contributed by atoms with E-state index in [4.69, 9.17) is 0 Å². The Balaban J connectivity index is 1.22. The first-order valence-corrected chi connectivity index (χ1v) is 12.2. The number of anilines is 1. The fourth-order valence-corrected chi connectivity index (χ4v) is 5.46. The number of nitrogens with one attached hydrogen (secondary N) is 2. The highest BCUT2D eigenvalue weighted by Crippen LogP contribution is 2.37. The fourth-order valence-electron chi connectivity index (χ4n) is 5.46. The monoisotopic (exact) mass is 481 g/mol. The molecule has 3 aromatic rings. The van der Waals surface area contributed by atoms with Gasteiger partial charge in [-0.25, -0.2) is 9.37 Å². The van der Waals surface area contributed by atoms with Gasteiger partial charge < -0.3 is 15.2 Å². The van der Waals surface area contributed by atoms with Crippen LogP contribution in [-0.4, -0.2) is 59.5 Å². The number of H-pyrrole nitrogens is 1. The molecule has 1 amide bonds. The third-order valence-corrected chi connectivity index (χ3v) is 7.26. The van der Waals surface area contributed by atoms with E-state index >= 15 is 0 Å². The van der Waals surface area contributed by atoms with Gasteiger partial charge in [-0.2, -0.15) is 4.39 Å². The Kier molecular flexibility index (Phi) is 6.51. The Morgan fingerprint density at radius 2 is 1.94 bits per heavy atom. The lowest BCUT2D eigenvalue weighted by atomic mass is 10.00. The van der Waals surface area contributed by atoms with Gasteiger partial charge in [-0.3, -0.25) is 14.5 Å². The zero-order valence-corrected chi connectivity index (χ0v) is 19.7. The number of aromatic amines is 1. The van der Waals surface area contributed by atoms with Crippen LogP contribution in [0, 0.1) is 11.8 Å². The molecular weight excluding hydrogens is 452 g/mol. The molecule has 1 saturated carbocycles. The standard InChI is InChI=1S/C26H29F2N5O2/c1-2-29-25(34)20-8-9-22(24(28)30-20)33-12-10-32(11-13-33)18-7-6-16(14-18)21-15-17-4-3-5-19(27)23(17)26(35)31-21/h3-5,8-9,15-16,18H,2,6-7,10-14H2,1H3,(H,29,34)(H,31,35)/t16-,18-/m1/s1. The number of rotatable bonds is 5. The number of fused-ring (bicyclic) bond motifs is 1. The lowest BCUT2D eigenvalue weighted by Crippen LogP contribution is -2.50. The highest BCUT2D eigenvalue weighted by atomic mass is 19.1. The number of aromatic nitrogens is 2. The minimum Gasteiger partial charge on any atom is -0.365 e. The summed E-state index contributed by atoms with van der Waals surface area (Å²) < 4.78 is 28.7. The summed E-state index contributed by atoms with van der Waals surface area (Å²) >= 11 is 0. The van der Waals surface area contributed by atoms with Crippen LogP contribution in [0.1, 0.15) is 48.3 Å². The molecule has 184 valence electrons. The van der Waals surface area contributed by atoms with Crippen molar-refractivity contribution in [2.75, 3.05) is 37.6 Å². The molecule has 9 heteroatoms. The molecule has 0 spiro atoms. The number of carbonyl (C=O) groups excluding carboxylic acids is 1. The highest BCUT2D eigenvalue weighted by Gasteiger charge is 2.33. The molecule has 35 heavy (non-hydrogen) atoms. The van der Waals surface area contributed by atoms with Crippen LogP contribution in [0.3, 0.4) is 0 Å². The second-order valence-corrected chi connectivity index (χ2v) is 9.31. The van der Waals surface area contributed by atoms with Crippen molar-refractivity contribution in [1.82, 2.24) is 20.2 Å². The van der Waals surface area contributed by atoms with Gasteiger partial charge in [-0.15, -0.1) is 0 Å². The first-order chi connectivity index (χ1) is 16.9. The number of nitrogens with zero attached hydrogens (tertiary/aromatic N) is 3. The molecule has 5 rings (SSSR count). The van der Waals surface area contributed by atoms with E-state index in [0.717, 1.165) is 38.0 Å². The normalized spacial score (nSPS) is 20.9. The van der Waals surface area contributed by atoms with Gasteiger partial charge in [0.1, 0.15) is 11.5 Å². The average Bonchev–Trinajstić information content (AvgIpc) is 3.35. The number of carbonyl (C=O) groups is 1. The molecule has 2 atom stereocenters. The Hall–Kier alpha value is -3.33. The minimum absolute atomic E-state index is 0.0817. The van der Waals surface area contributed by atoms with Crippen molar-refractivity contribution < 1.29 is 13.6 Å². The van der Waals surface area contributed by atoms with Crippen LogP contribution in [0.2, 0.25) is 0 Å². The lowest BCUT2D eigenvalue weighted by molar-refractivity contribution is 0.0949. The van der Waals surface area contributed by atoms with E-state index in [2.05, 4.69) is 20.2 Å². The zero-order chi connectivity index (χ0) is 24.5. The maximum absolute atomic E-state index is 14.6. The average molecular weight is 482 g/mol. The molecule has 2 aliphatic rings. The van der Waals surface area contributed by atoms with Gasteiger partial charge in [-0.1, -0.05) is 12.1 Å². The maximum atomic E-state index is 14.6. The van der Waals surface area contributed by atoms with Gasteiger partial charge in [0, 0.05) is 50.4 Å². The fraction of sp³-hybridized carbons (Fsp3) is 0.423. The van der Waals surface area contributed by atoms with Crippen molar-refractivity contribution in [2.45, 2.75) is 38.1 Å². The van der Waals surface area contributed by atoms with Crippen molar-refractivity contribution >= 4 is 22.4 Å². The molecule has 1 saturated heterocycles. The SMILES string of the molecule is CCNC(=O)c1ccc(N2CCN([C@@H]3CC[C@@H](c4cc5cccc(F)c5c(=O)[nH]4)C3)CC2)c(F)n1. The summed E-state index contributed by atoms with van der Waals surface area (Å²) in [6.07, 6.45) is 2.90. The van der Waals surface area contributed by atoms with E-state index in [1.165, 1.54) is 6.07 Å². The molecule has 1 aliphatic carbocycles. The van der Waals surface area contributed by atoms with E-state index in [1.807, 2.05) is 11.0 Å². The number of amides is 1. The van der Waals surface area contributed by atoms with Gasteiger partial charge in [-0.05, 0) is 55.8 Å². The Labute approximate surface area is 202 Å². The Bertz CT molecular complexity index is 1300. The molecule has 7 nitrogen and oxygen atoms in total. The molecule has 3 heterocycles. The van der Waals surface area contributed by atoms with Crippen LogP contribution in [-0.2, 0) is 0 Å². The minimum atomic E-state index is -0.625. The molecule has 1 aromatic carbocycles. The van der Waals surface area contributed by atoms with Crippen LogP contribution < -0.4 is 15.8 Å². The topological polar surface area (TPSA) is 81.3 Å². The van der Waals surface area contributed by atoms with E-state index in [0.29, 0.717) is 36.7 Å². The number of pyridine rings is 2. The number of piperazine rings is 1. The molecular formula is C26H29F2N5O2. The van der Waals surface area contributed by atoms with E-state index in [-0.39, 0.29) is 28.5 Å². The summed E-state index contributed by atoms with van der Waals surface area (Å²) in [6, 6.07) is 10.2. The van der Waals surface area contributed by atoms with Crippen molar-refractivity contribution in [3.05, 3.63) is 69.9 Å². The van der Waals surface area contributed by atoms with E-state index in [9.17, 15) is 18.4 Å². The van der Waals surface area contributed by atoms with Crippen LogP contribution in [0.25, 0.3) is 10.8 Å². The summed E-state index contributed by atoms with van der Waals surface area (Å²) in [5.41, 5.74) is 0.997. The van der Waals surface area contributed by atoms with Gasteiger partial charge >= 0.3 is 0 Å². The first kappa shape index (κ1) is 23.4. The summed E-state index contributed by atoms with van der Waals surface area (Å²) in [5.74, 6) is -1.28. The summed E-state index contributed by atoms with van der Waals surface area (Å²) in [4.78, 5) is 35.6.